The molecule has 0 radical (unpaired) electrons. The van der Waals surface area contributed by atoms with Crippen molar-refractivity contribution in [2.75, 3.05) is 34.5 Å². The Bertz CT molecular complexity index is 661. The van der Waals surface area contributed by atoms with Crippen LogP contribution in [0.2, 0.25) is 0 Å². The van der Waals surface area contributed by atoms with Crippen molar-refractivity contribution >= 4 is 17.9 Å². The van der Waals surface area contributed by atoms with Crippen LogP contribution >= 0.6 is 0 Å². The van der Waals surface area contributed by atoms with E-state index in [1.165, 1.54) is 35.2 Å². The molecule has 0 N–H and O–H groups in total. The largest absolute Gasteiger partial charge is 0.467 e. The van der Waals surface area contributed by atoms with E-state index in [1.54, 1.807) is 6.92 Å². The summed E-state index contributed by atoms with van der Waals surface area (Å²) in [7, 11) is 3.74. The van der Waals surface area contributed by atoms with Crippen molar-refractivity contribution in [1.29, 1.82) is 0 Å². The summed E-state index contributed by atoms with van der Waals surface area (Å²) in [5.41, 5.74) is -1.27. The predicted molar refractivity (Wildman–Crippen MR) is 95.9 cm³/mol. The molecular formula is C19H28O11. The summed E-state index contributed by atoms with van der Waals surface area (Å²) >= 11 is 0. The topological polar surface area (TPSA) is 125 Å². The van der Waals surface area contributed by atoms with Gasteiger partial charge in [0.05, 0.1) is 46.8 Å². The molecule has 0 aromatic heterocycles. The summed E-state index contributed by atoms with van der Waals surface area (Å²) in [6.45, 7) is 4.63. The second-order valence-corrected chi connectivity index (χ2v) is 7.98. The van der Waals surface area contributed by atoms with Gasteiger partial charge >= 0.3 is 17.9 Å². The molecule has 11 heteroatoms. The number of methoxy groups -OCH3 is 3. The van der Waals surface area contributed by atoms with Gasteiger partial charge in [-0.2, -0.15) is 0 Å². The number of hydrogen-bond donors (Lipinski definition) is 0. The van der Waals surface area contributed by atoms with Crippen molar-refractivity contribution in [3.05, 3.63) is 0 Å². The predicted octanol–water partition coefficient (Wildman–Crippen LogP) is -0.0676. The first kappa shape index (κ1) is 22.9. The van der Waals surface area contributed by atoms with E-state index in [0.717, 1.165) is 0 Å². The van der Waals surface area contributed by atoms with E-state index in [1.807, 2.05) is 0 Å². The van der Waals surface area contributed by atoms with E-state index in [-0.39, 0.29) is 19.6 Å². The van der Waals surface area contributed by atoms with Crippen LogP contribution in [-0.4, -0.2) is 87.9 Å². The molecule has 0 bridgehead atoms. The molecule has 3 rings (SSSR count). The molecule has 3 aliphatic heterocycles. The molecule has 0 aromatic rings. The normalized spacial score (nSPS) is 43.4. The summed E-state index contributed by atoms with van der Waals surface area (Å²) in [6.07, 6.45) is -1.77. The maximum absolute atomic E-state index is 12.4. The highest BCUT2D eigenvalue weighted by Crippen LogP contribution is 2.45. The quantitative estimate of drug-likeness (QED) is 0.428. The smallest absolute Gasteiger partial charge is 0.366 e. The molecule has 30 heavy (non-hydrogen) atoms. The van der Waals surface area contributed by atoms with Crippen LogP contribution in [0.15, 0.2) is 0 Å². The van der Waals surface area contributed by atoms with E-state index in [2.05, 4.69) is 0 Å². The molecule has 3 heterocycles. The van der Waals surface area contributed by atoms with Crippen LogP contribution in [0, 0.1) is 5.92 Å². The van der Waals surface area contributed by atoms with Gasteiger partial charge in [0.25, 0.3) is 11.6 Å². The number of carbonyl (C=O) groups is 3. The first-order valence-corrected chi connectivity index (χ1v) is 9.58. The minimum Gasteiger partial charge on any atom is -0.467 e. The third-order valence-electron chi connectivity index (χ3n) is 5.82. The van der Waals surface area contributed by atoms with E-state index in [0.29, 0.717) is 0 Å². The van der Waals surface area contributed by atoms with Gasteiger partial charge in [-0.3, -0.25) is 0 Å². The molecule has 11 nitrogen and oxygen atoms in total. The van der Waals surface area contributed by atoms with Gasteiger partial charge in [0.2, 0.25) is 0 Å². The summed E-state index contributed by atoms with van der Waals surface area (Å²) in [5, 5.41) is 0. The lowest BCUT2D eigenvalue weighted by Crippen LogP contribution is -2.44. The first-order chi connectivity index (χ1) is 14.0. The molecule has 170 valence electrons. The van der Waals surface area contributed by atoms with Crippen molar-refractivity contribution in [1.82, 2.24) is 0 Å². The van der Waals surface area contributed by atoms with E-state index in [4.69, 9.17) is 37.9 Å². The molecule has 0 amide bonds. The Morgan fingerprint density at radius 3 is 1.70 bits per heavy atom. The Kier molecular flexibility index (Phi) is 6.14. The maximum atomic E-state index is 12.4. The van der Waals surface area contributed by atoms with E-state index < -0.39 is 59.3 Å². The lowest BCUT2D eigenvalue weighted by atomic mass is 9.87. The Morgan fingerprint density at radius 2 is 1.20 bits per heavy atom. The van der Waals surface area contributed by atoms with Crippen molar-refractivity contribution in [2.45, 2.75) is 62.7 Å². The minimum atomic E-state index is -1.59. The maximum Gasteiger partial charge on any atom is 0.366 e. The fourth-order valence-corrected chi connectivity index (χ4v) is 4.20. The number of esters is 3. The number of rotatable bonds is 5. The van der Waals surface area contributed by atoms with Crippen LogP contribution in [0.5, 0.6) is 0 Å². The summed E-state index contributed by atoms with van der Waals surface area (Å²) in [6, 6.07) is 0. The Balaban J connectivity index is 1.84. The fraction of sp³-hybridized carbons (Fsp3) is 0.842. The van der Waals surface area contributed by atoms with Gasteiger partial charge in [-0.15, -0.1) is 0 Å². The van der Waals surface area contributed by atoms with Gasteiger partial charge < -0.3 is 37.9 Å². The molecule has 7 atom stereocenters. The minimum absolute atomic E-state index is 0.0336. The van der Waals surface area contributed by atoms with E-state index >= 15 is 0 Å². The average molecular weight is 432 g/mol. The van der Waals surface area contributed by atoms with Gasteiger partial charge in [0.15, 0.2) is 5.60 Å². The summed E-state index contributed by atoms with van der Waals surface area (Å²) < 4.78 is 43.3. The highest BCUT2D eigenvalue weighted by molar-refractivity contribution is 5.80. The lowest BCUT2D eigenvalue weighted by Gasteiger charge is -2.28. The third kappa shape index (κ3) is 3.80. The van der Waals surface area contributed by atoms with Crippen molar-refractivity contribution in [2.24, 2.45) is 5.92 Å². The molecular weight excluding hydrogens is 404 g/mol. The standard InChI is InChI=1S/C19H28O11/c1-17(14(20)23-4)7-10(11-8-26-18(2,28-11)15(21)24-5)13(30-17)12-9-27-19(3,29-12)16(22)25-6/h10-13H,7-9H2,1-6H3. The number of hydrogen-bond acceptors (Lipinski definition) is 11. The number of ether oxygens (including phenoxy) is 8. The van der Waals surface area contributed by atoms with Gasteiger partial charge in [-0.25, -0.2) is 14.4 Å². The van der Waals surface area contributed by atoms with Crippen LogP contribution in [-0.2, 0) is 52.3 Å². The summed E-state index contributed by atoms with van der Waals surface area (Å²) in [5.74, 6) is -5.50. The Labute approximate surface area is 174 Å². The highest BCUT2D eigenvalue weighted by Gasteiger charge is 2.60. The third-order valence-corrected chi connectivity index (χ3v) is 5.82. The fourth-order valence-electron chi connectivity index (χ4n) is 4.20. The zero-order chi connectivity index (χ0) is 22.3. The zero-order valence-corrected chi connectivity index (χ0v) is 17.9. The van der Waals surface area contributed by atoms with Gasteiger partial charge in [0.1, 0.15) is 6.10 Å². The molecule has 0 spiro atoms. The average Bonchev–Trinajstić information content (AvgIpc) is 3.42. The van der Waals surface area contributed by atoms with Crippen molar-refractivity contribution in [3.8, 4) is 0 Å². The van der Waals surface area contributed by atoms with Crippen LogP contribution in [0.4, 0.5) is 0 Å². The molecule has 3 aliphatic rings. The molecule has 0 aliphatic carbocycles. The molecule has 3 fully saturated rings. The second-order valence-electron chi connectivity index (χ2n) is 7.98. The van der Waals surface area contributed by atoms with E-state index in [9.17, 15) is 14.4 Å². The lowest BCUT2D eigenvalue weighted by molar-refractivity contribution is -0.213. The molecule has 0 aromatic carbocycles. The molecule has 3 saturated heterocycles. The van der Waals surface area contributed by atoms with Crippen LogP contribution in [0.3, 0.4) is 0 Å². The Hall–Kier alpha value is -1.79. The van der Waals surface area contributed by atoms with Crippen LogP contribution in [0.1, 0.15) is 27.2 Å². The van der Waals surface area contributed by atoms with Crippen molar-refractivity contribution in [3.63, 3.8) is 0 Å². The summed E-state index contributed by atoms with van der Waals surface area (Å²) in [4.78, 5) is 36.4. The Morgan fingerprint density at radius 1 is 0.733 bits per heavy atom. The molecule has 7 unspecified atom stereocenters. The highest BCUT2D eigenvalue weighted by atomic mass is 16.8. The first-order valence-electron chi connectivity index (χ1n) is 9.58. The van der Waals surface area contributed by atoms with Gasteiger partial charge in [-0.05, 0) is 13.3 Å². The number of carbonyl (C=O) groups excluding carboxylic acids is 3. The molecule has 0 saturated carbocycles. The van der Waals surface area contributed by atoms with Crippen molar-refractivity contribution < 1.29 is 52.3 Å². The van der Waals surface area contributed by atoms with Gasteiger partial charge in [-0.1, -0.05) is 0 Å². The second kappa shape index (κ2) is 8.04. The van der Waals surface area contributed by atoms with Crippen LogP contribution in [0.25, 0.3) is 0 Å². The SMILES string of the molecule is COC(=O)C1(C)CC(C2COC(C)(C(=O)OC)O2)C(C2COC(C)(C(=O)OC)O2)O1. The van der Waals surface area contributed by atoms with Gasteiger partial charge in [0, 0.05) is 19.8 Å². The monoisotopic (exact) mass is 432 g/mol. The van der Waals surface area contributed by atoms with Crippen LogP contribution < -0.4 is 0 Å². The zero-order valence-electron chi connectivity index (χ0n) is 17.9.